The highest BCUT2D eigenvalue weighted by molar-refractivity contribution is 5.77. The van der Waals surface area contributed by atoms with Gasteiger partial charge in [0.05, 0.1) is 24.3 Å². The fraction of sp³-hybridized carbons (Fsp3) is 0.727. The Kier molecular flexibility index (Phi) is 5.95. The van der Waals surface area contributed by atoms with Gasteiger partial charge in [-0.05, 0) is 19.3 Å². The molecular formula is C22H33N5O3. The molecule has 30 heavy (non-hydrogen) atoms. The van der Waals surface area contributed by atoms with Crippen molar-refractivity contribution in [2.24, 2.45) is 0 Å². The van der Waals surface area contributed by atoms with E-state index in [1.54, 1.807) is 6.92 Å². The molecule has 8 nitrogen and oxygen atoms in total. The molecule has 164 valence electrons. The lowest BCUT2D eigenvalue weighted by atomic mass is 9.82. The number of nitrogens with one attached hydrogen (secondary N) is 1. The summed E-state index contributed by atoms with van der Waals surface area (Å²) in [4.78, 5) is 37.9. The molecule has 2 aliphatic heterocycles. The SMILES string of the molecule is CNc1nc(C2CCN(C(=O)CC3(O)CCCCC3)C2)nc2c1CN(C(C)=O)CC2. The number of rotatable bonds is 4. The zero-order valence-electron chi connectivity index (χ0n) is 18.1. The summed E-state index contributed by atoms with van der Waals surface area (Å²) in [5, 5.41) is 13.9. The maximum absolute atomic E-state index is 12.8. The molecule has 8 heteroatoms. The lowest BCUT2D eigenvalue weighted by molar-refractivity contribution is -0.136. The normalized spacial score (nSPS) is 23.2. The van der Waals surface area contributed by atoms with Crippen LogP contribution < -0.4 is 5.32 Å². The molecule has 1 saturated heterocycles. The Morgan fingerprint density at radius 2 is 1.93 bits per heavy atom. The Balaban J connectivity index is 1.45. The average Bonchev–Trinajstić information content (AvgIpc) is 3.23. The predicted molar refractivity (Wildman–Crippen MR) is 113 cm³/mol. The van der Waals surface area contributed by atoms with Gasteiger partial charge >= 0.3 is 0 Å². The first-order valence-corrected chi connectivity index (χ1v) is 11.2. The molecule has 3 heterocycles. The van der Waals surface area contributed by atoms with E-state index in [-0.39, 0.29) is 24.2 Å². The third-order valence-electron chi connectivity index (χ3n) is 6.93. The Morgan fingerprint density at radius 3 is 2.63 bits per heavy atom. The molecular weight excluding hydrogens is 382 g/mol. The molecule has 2 N–H and O–H groups in total. The highest BCUT2D eigenvalue weighted by atomic mass is 16.3. The van der Waals surface area contributed by atoms with Gasteiger partial charge in [0, 0.05) is 51.5 Å². The minimum atomic E-state index is -0.822. The van der Waals surface area contributed by atoms with Crippen LogP contribution in [0.25, 0.3) is 0 Å². The van der Waals surface area contributed by atoms with Gasteiger partial charge in [-0.2, -0.15) is 0 Å². The van der Waals surface area contributed by atoms with Gasteiger partial charge in [-0.1, -0.05) is 19.3 Å². The second-order valence-corrected chi connectivity index (χ2v) is 9.08. The van der Waals surface area contributed by atoms with Crippen LogP contribution in [0.4, 0.5) is 5.82 Å². The number of hydrogen-bond donors (Lipinski definition) is 2. The van der Waals surface area contributed by atoms with Crippen molar-refractivity contribution in [3.8, 4) is 0 Å². The standard InChI is InChI=1S/C22H33N5O3/c1-15(28)26-11-7-18-17(14-26)21(23-2)25-20(24-18)16-6-10-27(13-16)19(29)12-22(30)8-4-3-5-9-22/h16,30H,3-14H2,1-2H3,(H,23,24,25). The number of anilines is 1. The molecule has 0 spiro atoms. The third-order valence-corrected chi connectivity index (χ3v) is 6.93. The van der Waals surface area contributed by atoms with Crippen LogP contribution in [-0.2, 0) is 22.6 Å². The summed E-state index contributed by atoms with van der Waals surface area (Å²) in [7, 11) is 1.84. The molecule has 1 aliphatic carbocycles. The molecule has 0 radical (unpaired) electrons. The van der Waals surface area contributed by atoms with E-state index in [0.29, 0.717) is 26.2 Å². The fourth-order valence-electron chi connectivity index (χ4n) is 5.07. The number of aromatic nitrogens is 2. The van der Waals surface area contributed by atoms with Gasteiger partial charge in [-0.15, -0.1) is 0 Å². The minimum absolute atomic E-state index is 0.0470. The Labute approximate surface area is 178 Å². The first-order chi connectivity index (χ1) is 14.4. The van der Waals surface area contributed by atoms with Crippen molar-refractivity contribution in [3.05, 3.63) is 17.1 Å². The highest BCUT2D eigenvalue weighted by Crippen LogP contribution is 2.34. The smallest absolute Gasteiger partial charge is 0.225 e. The monoisotopic (exact) mass is 415 g/mol. The van der Waals surface area contributed by atoms with Crippen molar-refractivity contribution in [2.75, 3.05) is 32.0 Å². The molecule has 2 fully saturated rings. The zero-order valence-corrected chi connectivity index (χ0v) is 18.1. The molecule has 2 amide bonds. The summed E-state index contributed by atoms with van der Waals surface area (Å²) in [5.41, 5.74) is 1.17. The number of aliphatic hydroxyl groups is 1. The van der Waals surface area contributed by atoms with Gasteiger partial charge in [-0.25, -0.2) is 9.97 Å². The summed E-state index contributed by atoms with van der Waals surface area (Å²) in [6.45, 7) is 4.10. The van der Waals surface area contributed by atoms with E-state index in [2.05, 4.69) is 5.32 Å². The van der Waals surface area contributed by atoms with E-state index >= 15 is 0 Å². The largest absolute Gasteiger partial charge is 0.389 e. The first kappa shape index (κ1) is 21.0. The van der Waals surface area contributed by atoms with Crippen molar-refractivity contribution in [2.45, 2.75) is 76.4 Å². The number of carbonyl (C=O) groups excluding carboxylic acids is 2. The molecule has 0 bridgehead atoms. The van der Waals surface area contributed by atoms with Crippen LogP contribution in [-0.4, -0.2) is 69.0 Å². The average molecular weight is 416 g/mol. The minimum Gasteiger partial charge on any atom is -0.389 e. The molecule has 1 atom stereocenters. The molecule has 3 aliphatic rings. The van der Waals surface area contributed by atoms with E-state index in [4.69, 9.17) is 9.97 Å². The van der Waals surface area contributed by atoms with Gasteiger partial charge in [0.15, 0.2) is 0 Å². The van der Waals surface area contributed by atoms with E-state index in [9.17, 15) is 14.7 Å². The first-order valence-electron chi connectivity index (χ1n) is 11.2. The number of fused-ring (bicyclic) bond motifs is 1. The lowest BCUT2D eigenvalue weighted by Crippen LogP contribution is -2.39. The van der Waals surface area contributed by atoms with Crippen molar-refractivity contribution in [3.63, 3.8) is 0 Å². The van der Waals surface area contributed by atoms with Crippen LogP contribution in [0.15, 0.2) is 0 Å². The Bertz CT molecular complexity index is 804. The van der Waals surface area contributed by atoms with Crippen molar-refractivity contribution in [1.29, 1.82) is 0 Å². The topological polar surface area (TPSA) is 98.7 Å². The maximum Gasteiger partial charge on any atom is 0.225 e. The van der Waals surface area contributed by atoms with E-state index < -0.39 is 5.60 Å². The van der Waals surface area contributed by atoms with E-state index in [0.717, 1.165) is 67.8 Å². The van der Waals surface area contributed by atoms with Crippen LogP contribution in [0.5, 0.6) is 0 Å². The fourth-order valence-corrected chi connectivity index (χ4v) is 5.07. The van der Waals surface area contributed by atoms with Crippen molar-refractivity contribution < 1.29 is 14.7 Å². The zero-order chi connectivity index (χ0) is 21.3. The maximum atomic E-state index is 12.8. The lowest BCUT2D eigenvalue weighted by Gasteiger charge is -2.32. The number of carbonyl (C=O) groups is 2. The summed E-state index contributed by atoms with van der Waals surface area (Å²) in [5.74, 6) is 1.78. The quantitative estimate of drug-likeness (QED) is 0.778. The predicted octanol–water partition coefficient (Wildman–Crippen LogP) is 1.82. The van der Waals surface area contributed by atoms with Gasteiger partial charge in [0.2, 0.25) is 11.8 Å². The van der Waals surface area contributed by atoms with E-state index in [1.165, 1.54) is 0 Å². The van der Waals surface area contributed by atoms with Gasteiger partial charge < -0.3 is 20.2 Å². The van der Waals surface area contributed by atoms with Crippen LogP contribution in [0.2, 0.25) is 0 Å². The molecule has 1 unspecified atom stereocenters. The van der Waals surface area contributed by atoms with Crippen molar-refractivity contribution >= 4 is 17.6 Å². The Morgan fingerprint density at radius 1 is 1.17 bits per heavy atom. The number of amides is 2. The number of hydrogen-bond acceptors (Lipinski definition) is 6. The summed E-state index contributed by atoms with van der Waals surface area (Å²) in [6.07, 6.45) is 6.41. The molecule has 4 rings (SSSR count). The van der Waals surface area contributed by atoms with Gasteiger partial charge in [0.1, 0.15) is 11.6 Å². The number of nitrogens with zero attached hydrogens (tertiary/aromatic N) is 4. The Hall–Kier alpha value is -2.22. The second-order valence-electron chi connectivity index (χ2n) is 9.08. The molecule has 1 saturated carbocycles. The highest BCUT2D eigenvalue weighted by Gasteiger charge is 2.36. The second kappa shape index (κ2) is 8.49. The molecule has 0 aromatic carbocycles. The van der Waals surface area contributed by atoms with Crippen molar-refractivity contribution in [1.82, 2.24) is 19.8 Å². The molecule has 1 aromatic rings. The van der Waals surface area contributed by atoms with Gasteiger partial charge in [-0.3, -0.25) is 9.59 Å². The summed E-state index contributed by atoms with van der Waals surface area (Å²) < 4.78 is 0. The van der Waals surface area contributed by atoms with E-state index in [1.807, 2.05) is 16.8 Å². The van der Waals surface area contributed by atoms with Crippen LogP contribution in [0.1, 0.15) is 74.9 Å². The summed E-state index contributed by atoms with van der Waals surface area (Å²) in [6, 6.07) is 0. The third kappa shape index (κ3) is 4.29. The van der Waals surface area contributed by atoms with Crippen LogP contribution in [0, 0.1) is 0 Å². The number of likely N-dealkylation sites (tertiary alicyclic amines) is 1. The summed E-state index contributed by atoms with van der Waals surface area (Å²) >= 11 is 0. The molecule has 1 aromatic heterocycles. The van der Waals surface area contributed by atoms with Crippen LogP contribution >= 0.6 is 0 Å². The van der Waals surface area contributed by atoms with Gasteiger partial charge in [0.25, 0.3) is 0 Å². The van der Waals surface area contributed by atoms with Crippen LogP contribution in [0.3, 0.4) is 0 Å².